The van der Waals surface area contributed by atoms with E-state index in [1.807, 2.05) is 6.07 Å². The van der Waals surface area contributed by atoms with Gasteiger partial charge >= 0.3 is 0 Å². The molecule has 25 heavy (non-hydrogen) atoms. The first kappa shape index (κ1) is 18.1. The number of furan rings is 1. The van der Waals surface area contributed by atoms with Gasteiger partial charge in [-0.05, 0) is 43.0 Å². The SMILES string of the molecule is NCCCSc1ccc(Cl)cc1NS(=O)(=O)c1cc2ccccc2o1. The molecule has 0 fully saturated rings. The fourth-order valence-electron chi connectivity index (χ4n) is 2.26. The zero-order chi connectivity index (χ0) is 17.9. The van der Waals surface area contributed by atoms with Crippen molar-refractivity contribution in [2.24, 2.45) is 5.73 Å². The molecule has 3 rings (SSSR count). The Kier molecular flexibility index (Phi) is 5.58. The predicted octanol–water partition coefficient (Wildman–Crippen LogP) is 4.33. The van der Waals surface area contributed by atoms with Crippen LogP contribution in [0.5, 0.6) is 0 Å². The Morgan fingerprint density at radius 2 is 1.96 bits per heavy atom. The topological polar surface area (TPSA) is 85.3 Å². The summed E-state index contributed by atoms with van der Waals surface area (Å²) in [6, 6.07) is 13.7. The van der Waals surface area contributed by atoms with Crippen LogP contribution in [0, 0.1) is 0 Å². The summed E-state index contributed by atoms with van der Waals surface area (Å²) in [4.78, 5) is 0.789. The number of rotatable bonds is 7. The van der Waals surface area contributed by atoms with E-state index in [-0.39, 0.29) is 5.09 Å². The van der Waals surface area contributed by atoms with Crippen LogP contribution in [0.1, 0.15) is 6.42 Å². The molecule has 0 amide bonds. The number of fused-ring (bicyclic) bond motifs is 1. The van der Waals surface area contributed by atoms with E-state index in [9.17, 15) is 8.42 Å². The van der Waals surface area contributed by atoms with Gasteiger partial charge in [0.25, 0.3) is 10.0 Å². The third-order valence-corrected chi connectivity index (χ3v) is 6.07. The fourth-order valence-corrected chi connectivity index (χ4v) is 4.50. The molecule has 3 aromatic rings. The number of nitrogens with one attached hydrogen (secondary N) is 1. The van der Waals surface area contributed by atoms with Crippen LogP contribution in [0.3, 0.4) is 0 Å². The highest BCUT2D eigenvalue weighted by Crippen LogP contribution is 2.33. The minimum Gasteiger partial charge on any atom is -0.443 e. The number of sulfonamides is 1. The molecule has 1 aromatic heterocycles. The fraction of sp³-hybridized carbons (Fsp3) is 0.176. The Morgan fingerprint density at radius 1 is 1.16 bits per heavy atom. The molecule has 1 heterocycles. The molecule has 0 aliphatic heterocycles. The van der Waals surface area contributed by atoms with Gasteiger partial charge in [-0.1, -0.05) is 29.8 Å². The van der Waals surface area contributed by atoms with E-state index in [4.69, 9.17) is 21.8 Å². The Hall–Kier alpha value is -1.67. The number of benzene rings is 2. The average molecular weight is 397 g/mol. The van der Waals surface area contributed by atoms with E-state index in [1.165, 1.54) is 17.8 Å². The summed E-state index contributed by atoms with van der Waals surface area (Å²) in [5.41, 5.74) is 6.46. The molecule has 0 spiro atoms. The number of hydrogen-bond donors (Lipinski definition) is 2. The van der Waals surface area contributed by atoms with Gasteiger partial charge < -0.3 is 10.2 Å². The molecule has 5 nitrogen and oxygen atoms in total. The van der Waals surface area contributed by atoms with Crippen LogP contribution in [0.2, 0.25) is 5.02 Å². The number of hydrogen-bond acceptors (Lipinski definition) is 5. The van der Waals surface area contributed by atoms with Crippen LogP contribution in [0.4, 0.5) is 5.69 Å². The van der Waals surface area contributed by atoms with Crippen LogP contribution in [-0.4, -0.2) is 20.7 Å². The number of halogens is 1. The van der Waals surface area contributed by atoms with E-state index >= 15 is 0 Å². The summed E-state index contributed by atoms with van der Waals surface area (Å²) >= 11 is 7.55. The second kappa shape index (κ2) is 7.70. The number of para-hydroxylation sites is 1. The lowest BCUT2D eigenvalue weighted by Crippen LogP contribution is -2.13. The standard InChI is InChI=1S/C17H17ClN2O3S2/c18-13-6-7-16(24-9-3-8-19)14(11-13)20-25(21,22)17-10-12-4-1-2-5-15(12)23-17/h1-2,4-7,10-11,20H,3,8-9,19H2. The van der Waals surface area contributed by atoms with Gasteiger partial charge in [0.2, 0.25) is 5.09 Å². The Labute approximate surface area is 155 Å². The second-order valence-corrected chi connectivity index (χ2v) is 8.53. The maximum absolute atomic E-state index is 12.7. The third-order valence-electron chi connectivity index (χ3n) is 3.46. The predicted molar refractivity (Wildman–Crippen MR) is 103 cm³/mol. The summed E-state index contributed by atoms with van der Waals surface area (Å²) in [6.45, 7) is 0.584. The van der Waals surface area contributed by atoms with Crippen LogP contribution in [0.25, 0.3) is 11.0 Å². The monoisotopic (exact) mass is 396 g/mol. The maximum Gasteiger partial charge on any atom is 0.295 e. The van der Waals surface area contributed by atoms with Crippen LogP contribution >= 0.6 is 23.4 Å². The summed E-state index contributed by atoms with van der Waals surface area (Å²) < 4.78 is 33.4. The molecule has 0 radical (unpaired) electrons. The van der Waals surface area contributed by atoms with E-state index < -0.39 is 10.0 Å². The van der Waals surface area contributed by atoms with Gasteiger partial charge in [0.05, 0.1) is 5.69 Å². The van der Waals surface area contributed by atoms with Gasteiger partial charge in [-0.3, -0.25) is 4.72 Å². The Bertz CT molecular complexity index is 953. The lowest BCUT2D eigenvalue weighted by molar-refractivity contribution is 0.484. The summed E-state index contributed by atoms with van der Waals surface area (Å²) in [7, 11) is -3.86. The van der Waals surface area contributed by atoms with Crippen molar-refractivity contribution in [1.29, 1.82) is 0 Å². The van der Waals surface area contributed by atoms with Crippen molar-refractivity contribution in [2.75, 3.05) is 17.0 Å². The summed E-state index contributed by atoms with van der Waals surface area (Å²) in [5.74, 6) is 0.789. The van der Waals surface area contributed by atoms with Gasteiger partial charge in [0.1, 0.15) is 5.58 Å². The van der Waals surface area contributed by atoms with Crippen molar-refractivity contribution in [3.63, 3.8) is 0 Å². The molecule has 0 aliphatic carbocycles. The quantitative estimate of drug-likeness (QED) is 0.458. The van der Waals surface area contributed by atoms with E-state index in [0.717, 1.165) is 22.5 Å². The molecule has 132 valence electrons. The molecular formula is C17H17ClN2O3S2. The highest BCUT2D eigenvalue weighted by atomic mass is 35.5. The number of nitrogens with two attached hydrogens (primary N) is 1. The Balaban J connectivity index is 1.90. The molecule has 0 saturated carbocycles. The van der Waals surface area contributed by atoms with Gasteiger partial charge in [0.15, 0.2) is 0 Å². The highest BCUT2D eigenvalue weighted by Gasteiger charge is 2.21. The van der Waals surface area contributed by atoms with Crippen LogP contribution in [-0.2, 0) is 10.0 Å². The summed E-state index contributed by atoms with van der Waals surface area (Å²) in [5, 5.41) is 1.04. The zero-order valence-electron chi connectivity index (χ0n) is 13.2. The molecule has 0 aliphatic rings. The smallest absolute Gasteiger partial charge is 0.295 e. The van der Waals surface area contributed by atoms with Gasteiger partial charge in [-0.25, -0.2) is 0 Å². The number of anilines is 1. The van der Waals surface area contributed by atoms with Crippen LogP contribution in [0.15, 0.2) is 62.9 Å². The first-order chi connectivity index (χ1) is 12.0. The van der Waals surface area contributed by atoms with Gasteiger partial charge in [-0.2, -0.15) is 8.42 Å². The normalized spacial score (nSPS) is 11.8. The van der Waals surface area contributed by atoms with Crippen molar-refractivity contribution in [1.82, 2.24) is 0 Å². The highest BCUT2D eigenvalue weighted by molar-refractivity contribution is 7.99. The van der Waals surface area contributed by atoms with Crippen LogP contribution < -0.4 is 10.5 Å². The van der Waals surface area contributed by atoms with E-state index in [1.54, 1.807) is 36.4 Å². The molecule has 0 atom stereocenters. The average Bonchev–Trinajstić information content (AvgIpc) is 3.02. The molecule has 8 heteroatoms. The zero-order valence-corrected chi connectivity index (χ0v) is 15.6. The van der Waals surface area contributed by atoms with E-state index in [0.29, 0.717) is 22.8 Å². The minimum atomic E-state index is -3.86. The second-order valence-electron chi connectivity index (χ2n) is 5.34. The molecular weight excluding hydrogens is 380 g/mol. The van der Waals surface area contributed by atoms with Crippen molar-refractivity contribution in [3.8, 4) is 0 Å². The minimum absolute atomic E-state index is 0.133. The lowest BCUT2D eigenvalue weighted by Gasteiger charge is -2.11. The van der Waals surface area contributed by atoms with Crippen molar-refractivity contribution in [3.05, 3.63) is 53.6 Å². The molecule has 0 saturated heterocycles. The lowest BCUT2D eigenvalue weighted by atomic mass is 10.3. The first-order valence-electron chi connectivity index (χ1n) is 7.63. The van der Waals surface area contributed by atoms with E-state index in [2.05, 4.69) is 4.72 Å². The number of thioether (sulfide) groups is 1. The van der Waals surface area contributed by atoms with Crippen molar-refractivity contribution < 1.29 is 12.8 Å². The van der Waals surface area contributed by atoms with Crippen molar-refractivity contribution >= 4 is 50.0 Å². The molecule has 2 aromatic carbocycles. The largest absolute Gasteiger partial charge is 0.443 e. The third kappa shape index (κ3) is 4.30. The molecule has 0 unspecified atom stereocenters. The van der Waals surface area contributed by atoms with Crippen molar-refractivity contribution in [2.45, 2.75) is 16.4 Å². The first-order valence-corrected chi connectivity index (χ1v) is 10.5. The molecule has 0 bridgehead atoms. The molecule has 3 N–H and O–H groups in total. The maximum atomic E-state index is 12.7. The van der Waals surface area contributed by atoms with Gasteiger partial charge in [0, 0.05) is 21.4 Å². The Morgan fingerprint density at radius 3 is 2.72 bits per heavy atom. The summed E-state index contributed by atoms with van der Waals surface area (Å²) in [6.07, 6.45) is 0.836. The van der Waals surface area contributed by atoms with Gasteiger partial charge in [-0.15, -0.1) is 11.8 Å².